The third-order valence-corrected chi connectivity index (χ3v) is 2.78. The van der Waals surface area contributed by atoms with Crippen LogP contribution in [-0.2, 0) is 4.74 Å². The molecule has 0 atom stereocenters. The molecule has 0 saturated heterocycles. The SMILES string of the molecule is CO/C=C/c1cccc2cccc(N(C)C)c12. The summed E-state index contributed by atoms with van der Waals surface area (Å²) < 4.78 is 5.00. The second-order valence-corrected chi connectivity index (χ2v) is 4.16. The highest BCUT2D eigenvalue weighted by Gasteiger charge is 2.05. The fourth-order valence-corrected chi connectivity index (χ4v) is 2.00. The van der Waals surface area contributed by atoms with Crippen molar-refractivity contribution < 1.29 is 4.74 Å². The van der Waals surface area contributed by atoms with Crippen LogP contribution in [0, 0.1) is 0 Å². The summed E-state index contributed by atoms with van der Waals surface area (Å²) in [6.45, 7) is 0. The van der Waals surface area contributed by atoms with Gasteiger partial charge in [0.1, 0.15) is 0 Å². The van der Waals surface area contributed by atoms with Crippen LogP contribution in [0.5, 0.6) is 0 Å². The molecule has 0 fully saturated rings. The van der Waals surface area contributed by atoms with E-state index in [9.17, 15) is 0 Å². The van der Waals surface area contributed by atoms with Gasteiger partial charge >= 0.3 is 0 Å². The smallest absolute Gasteiger partial charge is 0.0830 e. The molecular formula is C15H17NO. The summed E-state index contributed by atoms with van der Waals surface area (Å²) in [7, 11) is 5.78. The minimum atomic E-state index is 1.17. The highest BCUT2D eigenvalue weighted by atomic mass is 16.5. The molecule has 2 nitrogen and oxygen atoms in total. The fraction of sp³-hybridized carbons (Fsp3) is 0.200. The van der Waals surface area contributed by atoms with Gasteiger partial charge in [0.2, 0.25) is 0 Å². The van der Waals surface area contributed by atoms with Crippen LogP contribution in [0.15, 0.2) is 42.7 Å². The van der Waals surface area contributed by atoms with Crippen LogP contribution >= 0.6 is 0 Å². The number of hydrogen-bond acceptors (Lipinski definition) is 2. The second kappa shape index (κ2) is 4.91. The van der Waals surface area contributed by atoms with Gasteiger partial charge in [-0.15, -0.1) is 0 Å². The Kier molecular flexibility index (Phi) is 3.33. The molecule has 17 heavy (non-hydrogen) atoms. The molecule has 0 unspecified atom stereocenters. The van der Waals surface area contributed by atoms with Gasteiger partial charge in [-0.2, -0.15) is 0 Å². The Morgan fingerprint density at radius 2 is 1.76 bits per heavy atom. The van der Waals surface area contributed by atoms with E-state index in [0.29, 0.717) is 0 Å². The minimum absolute atomic E-state index is 1.17. The first-order valence-electron chi connectivity index (χ1n) is 5.62. The molecule has 0 N–H and O–H groups in total. The maximum absolute atomic E-state index is 5.00. The maximum Gasteiger partial charge on any atom is 0.0830 e. The Bertz CT molecular complexity index is 538. The average molecular weight is 227 g/mol. The van der Waals surface area contributed by atoms with Gasteiger partial charge in [0.25, 0.3) is 0 Å². The summed E-state index contributed by atoms with van der Waals surface area (Å²) in [4.78, 5) is 2.13. The largest absolute Gasteiger partial charge is 0.504 e. The van der Waals surface area contributed by atoms with Gasteiger partial charge < -0.3 is 9.64 Å². The number of ether oxygens (including phenoxy) is 1. The second-order valence-electron chi connectivity index (χ2n) is 4.16. The van der Waals surface area contributed by atoms with Crippen LogP contribution < -0.4 is 4.90 Å². The third-order valence-electron chi connectivity index (χ3n) is 2.78. The van der Waals surface area contributed by atoms with E-state index in [-0.39, 0.29) is 0 Å². The topological polar surface area (TPSA) is 12.5 Å². The first-order chi connectivity index (χ1) is 8.24. The zero-order chi connectivity index (χ0) is 12.3. The van der Waals surface area contributed by atoms with Crippen molar-refractivity contribution >= 4 is 22.5 Å². The molecule has 0 radical (unpaired) electrons. The molecule has 0 aliphatic rings. The van der Waals surface area contributed by atoms with Crippen LogP contribution in [0.4, 0.5) is 5.69 Å². The summed E-state index contributed by atoms with van der Waals surface area (Å²) in [6.07, 6.45) is 3.70. The summed E-state index contributed by atoms with van der Waals surface area (Å²) in [5.41, 5.74) is 2.40. The number of hydrogen-bond donors (Lipinski definition) is 0. The lowest BCUT2D eigenvalue weighted by atomic mass is 10.0. The number of rotatable bonds is 3. The van der Waals surface area contributed by atoms with E-state index in [1.165, 1.54) is 22.0 Å². The van der Waals surface area contributed by atoms with Gasteiger partial charge in [-0.05, 0) is 23.1 Å². The molecular weight excluding hydrogens is 210 g/mol. The van der Waals surface area contributed by atoms with Gasteiger partial charge in [-0.3, -0.25) is 0 Å². The predicted molar refractivity (Wildman–Crippen MR) is 74.3 cm³/mol. The Morgan fingerprint density at radius 3 is 2.41 bits per heavy atom. The molecule has 0 heterocycles. The van der Waals surface area contributed by atoms with Gasteiger partial charge in [0.15, 0.2) is 0 Å². The van der Waals surface area contributed by atoms with Crippen LogP contribution in [0.1, 0.15) is 5.56 Å². The van der Waals surface area contributed by atoms with Crippen molar-refractivity contribution in [1.82, 2.24) is 0 Å². The summed E-state index contributed by atoms with van der Waals surface area (Å²) >= 11 is 0. The molecule has 0 amide bonds. The highest BCUT2D eigenvalue weighted by Crippen LogP contribution is 2.29. The Hall–Kier alpha value is -1.96. The van der Waals surface area contributed by atoms with Crippen molar-refractivity contribution in [3.05, 3.63) is 48.2 Å². The van der Waals surface area contributed by atoms with E-state index in [2.05, 4.69) is 55.4 Å². The molecule has 2 heteroatoms. The molecule has 0 bridgehead atoms. The van der Waals surface area contributed by atoms with E-state index in [1.807, 2.05) is 6.08 Å². The number of fused-ring (bicyclic) bond motifs is 1. The van der Waals surface area contributed by atoms with E-state index in [1.54, 1.807) is 13.4 Å². The molecule has 2 aromatic rings. The number of nitrogens with zero attached hydrogens (tertiary/aromatic N) is 1. The van der Waals surface area contributed by atoms with E-state index >= 15 is 0 Å². The number of methoxy groups -OCH3 is 1. The van der Waals surface area contributed by atoms with Gasteiger partial charge in [0, 0.05) is 25.2 Å². The van der Waals surface area contributed by atoms with Gasteiger partial charge in [-0.1, -0.05) is 30.3 Å². The normalized spacial score (nSPS) is 11.0. The average Bonchev–Trinajstić information content (AvgIpc) is 2.35. The van der Waals surface area contributed by atoms with Gasteiger partial charge in [0.05, 0.1) is 13.4 Å². The van der Waals surface area contributed by atoms with Crippen LogP contribution in [0.25, 0.3) is 16.8 Å². The summed E-state index contributed by atoms with van der Waals surface area (Å²) in [5.74, 6) is 0. The molecule has 0 saturated carbocycles. The number of anilines is 1. The summed E-state index contributed by atoms with van der Waals surface area (Å²) in [5, 5.41) is 2.50. The van der Waals surface area contributed by atoms with E-state index in [4.69, 9.17) is 4.74 Å². The standard InChI is InChI=1S/C15H17NO/c1-16(2)14-9-5-8-12-6-4-7-13(15(12)14)10-11-17-3/h4-11H,1-3H3/b11-10+. The van der Waals surface area contributed by atoms with Crippen molar-refractivity contribution in [3.8, 4) is 0 Å². The molecule has 88 valence electrons. The first-order valence-corrected chi connectivity index (χ1v) is 5.62. The zero-order valence-corrected chi connectivity index (χ0v) is 10.5. The summed E-state index contributed by atoms with van der Waals surface area (Å²) in [6, 6.07) is 12.6. The predicted octanol–water partition coefficient (Wildman–Crippen LogP) is 3.52. The van der Waals surface area contributed by atoms with Crippen LogP contribution in [0.3, 0.4) is 0 Å². The fourth-order valence-electron chi connectivity index (χ4n) is 2.00. The highest BCUT2D eigenvalue weighted by molar-refractivity contribution is 6.00. The van der Waals surface area contributed by atoms with Crippen molar-refractivity contribution in [3.63, 3.8) is 0 Å². The Balaban J connectivity index is 2.71. The quantitative estimate of drug-likeness (QED) is 0.744. The first kappa shape index (κ1) is 11.5. The zero-order valence-electron chi connectivity index (χ0n) is 10.5. The maximum atomic E-state index is 5.00. The molecule has 0 spiro atoms. The van der Waals surface area contributed by atoms with Gasteiger partial charge in [-0.25, -0.2) is 0 Å². The molecule has 2 rings (SSSR count). The van der Waals surface area contributed by atoms with Crippen molar-refractivity contribution in [2.75, 3.05) is 26.1 Å². The van der Waals surface area contributed by atoms with E-state index < -0.39 is 0 Å². The third kappa shape index (κ3) is 2.26. The molecule has 0 aliphatic carbocycles. The molecule has 2 aromatic carbocycles. The van der Waals surface area contributed by atoms with E-state index in [0.717, 1.165) is 0 Å². The monoisotopic (exact) mass is 227 g/mol. The van der Waals surface area contributed by atoms with Crippen molar-refractivity contribution in [2.45, 2.75) is 0 Å². The van der Waals surface area contributed by atoms with Crippen molar-refractivity contribution in [1.29, 1.82) is 0 Å². The van der Waals surface area contributed by atoms with Crippen molar-refractivity contribution in [2.24, 2.45) is 0 Å². The minimum Gasteiger partial charge on any atom is -0.504 e. The lowest BCUT2D eigenvalue weighted by Gasteiger charge is -2.16. The Morgan fingerprint density at radius 1 is 1.06 bits per heavy atom. The lowest BCUT2D eigenvalue weighted by molar-refractivity contribution is 0.341. The molecule has 0 aromatic heterocycles. The molecule has 0 aliphatic heterocycles. The number of benzene rings is 2. The Labute approximate surface area is 102 Å². The van der Waals surface area contributed by atoms with Crippen LogP contribution in [-0.4, -0.2) is 21.2 Å². The van der Waals surface area contributed by atoms with Crippen LogP contribution in [0.2, 0.25) is 0 Å². The lowest BCUT2D eigenvalue weighted by Crippen LogP contribution is -2.09.